The molecular weight excluding hydrogens is 406 g/mol. The van der Waals surface area contributed by atoms with Crippen LogP contribution in [-0.2, 0) is 26.6 Å². The first-order valence-corrected chi connectivity index (χ1v) is 11.1. The van der Waals surface area contributed by atoms with Crippen LogP contribution in [-0.4, -0.2) is 45.9 Å². The lowest BCUT2D eigenvalue weighted by Gasteiger charge is -2.01. The minimum atomic E-state index is -0.250. The summed E-state index contributed by atoms with van der Waals surface area (Å²) in [6.07, 6.45) is 6.95. The van der Waals surface area contributed by atoms with E-state index in [1.54, 1.807) is 15.6 Å². The number of H-pyrrole nitrogens is 1. The molecule has 4 aromatic rings. The number of aromatic nitrogens is 8. The number of nitrogens with one attached hydrogen (secondary N) is 2. The topological polar surface area (TPSA) is 119 Å². The fourth-order valence-corrected chi connectivity index (χ4v) is 3.81. The summed E-state index contributed by atoms with van der Waals surface area (Å²) in [4.78, 5) is 15.7. The Morgan fingerprint density at radius 3 is 2.81 bits per heavy atom. The van der Waals surface area contributed by atoms with Crippen molar-refractivity contribution in [3.05, 3.63) is 52.9 Å². The van der Waals surface area contributed by atoms with Crippen LogP contribution >= 0.6 is 0 Å². The molecular formula is C22H27N9O. The monoisotopic (exact) mass is 433 g/mol. The van der Waals surface area contributed by atoms with Gasteiger partial charge in [-0.05, 0) is 63.1 Å². The Labute approximate surface area is 185 Å². The van der Waals surface area contributed by atoms with Gasteiger partial charge in [-0.2, -0.15) is 10.2 Å². The van der Waals surface area contributed by atoms with Gasteiger partial charge in [-0.3, -0.25) is 14.2 Å². The summed E-state index contributed by atoms with van der Waals surface area (Å²) in [5, 5.41) is 25.1. The van der Waals surface area contributed by atoms with Gasteiger partial charge in [-0.15, -0.1) is 10.2 Å². The number of hydrogen-bond acceptors (Lipinski definition) is 6. The Morgan fingerprint density at radius 2 is 2.03 bits per heavy atom. The molecule has 0 radical (unpaired) electrons. The molecule has 0 spiro atoms. The van der Waals surface area contributed by atoms with E-state index in [1.165, 1.54) is 18.5 Å². The van der Waals surface area contributed by atoms with Crippen LogP contribution in [0.4, 0.5) is 0 Å². The minimum Gasteiger partial charge on any atom is -0.345 e. The van der Waals surface area contributed by atoms with Crippen molar-refractivity contribution in [2.45, 2.75) is 58.0 Å². The van der Waals surface area contributed by atoms with Crippen molar-refractivity contribution >= 4 is 16.9 Å². The third-order valence-electron chi connectivity index (χ3n) is 5.90. The van der Waals surface area contributed by atoms with Crippen LogP contribution in [0.2, 0.25) is 0 Å². The first-order valence-electron chi connectivity index (χ1n) is 11.1. The number of rotatable bonds is 9. The minimum absolute atomic E-state index is 0.250. The third kappa shape index (κ3) is 4.53. The molecule has 5 rings (SSSR count). The molecule has 2 N–H and O–H groups in total. The predicted molar refractivity (Wildman–Crippen MR) is 118 cm³/mol. The van der Waals surface area contributed by atoms with E-state index < -0.39 is 0 Å². The maximum atomic E-state index is 12.3. The highest BCUT2D eigenvalue weighted by molar-refractivity contribution is 5.91. The first kappa shape index (κ1) is 20.3. The second kappa shape index (κ2) is 8.52. The molecule has 32 heavy (non-hydrogen) atoms. The van der Waals surface area contributed by atoms with Crippen molar-refractivity contribution in [2.24, 2.45) is 7.05 Å². The van der Waals surface area contributed by atoms with Gasteiger partial charge in [0.05, 0.1) is 24.1 Å². The number of aryl methyl sites for hydroxylation is 4. The van der Waals surface area contributed by atoms with Crippen LogP contribution < -0.4 is 5.32 Å². The fraction of sp³-hybridized carbons (Fsp3) is 0.455. The first-order chi connectivity index (χ1) is 15.5. The van der Waals surface area contributed by atoms with Crippen molar-refractivity contribution in [1.82, 2.24) is 45.3 Å². The average molecular weight is 434 g/mol. The maximum Gasteiger partial charge on any atom is 0.273 e. The molecule has 1 saturated carbocycles. The van der Waals surface area contributed by atoms with Crippen LogP contribution in [0, 0.1) is 6.92 Å². The molecule has 0 atom stereocenters. The Kier molecular flexibility index (Phi) is 5.42. The Balaban J connectivity index is 1.08. The number of carbonyl (C=O) groups is 1. The Morgan fingerprint density at radius 1 is 1.16 bits per heavy atom. The van der Waals surface area contributed by atoms with E-state index in [2.05, 4.69) is 48.0 Å². The molecule has 4 aromatic heterocycles. The number of carbonyl (C=O) groups excluding carboxylic acids is 1. The second-order valence-corrected chi connectivity index (χ2v) is 8.55. The molecule has 166 valence electrons. The van der Waals surface area contributed by atoms with Crippen LogP contribution in [0.5, 0.6) is 0 Å². The molecule has 0 unspecified atom stereocenters. The van der Waals surface area contributed by atoms with Crippen molar-refractivity contribution in [2.75, 3.05) is 0 Å². The quantitative estimate of drug-likeness (QED) is 0.391. The number of unbranched alkanes of at least 4 members (excludes halogenated alkanes) is 1. The lowest BCUT2D eigenvalue weighted by Crippen LogP contribution is -2.23. The summed E-state index contributed by atoms with van der Waals surface area (Å²) in [5.74, 6) is 0.432. The van der Waals surface area contributed by atoms with Gasteiger partial charge in [-0.25, -0.2) is 0 Å². The predicted octanol–water partition coefficient (Wildman–Crippen LogP) is 2.42. The molecule has 0 saturated heterocycles. The van der Waals surface area contributed by atoms with Gasteiger partial charge in [0.1, 0.15) is 0 Å². The van der Waals surface area contributed by atoms with E-state index in [1.807, 2.05) is 20.0 Å². The van der Waals surface area contributed by atoms with Crippen molar-refractivity contribution in [3.8, 4) is 0 Å². The molecule has 10 nitrogen and oxygen atoms in total. The van der Waals surface area contributed by atoms with E-state index in [0.29, 0.717) is 24.7 Å². The van der Waals surface area contributed by atoms with Gasteiger partial charge in [0, 0.05) is 30.4 Å². The van der Waals surface area contributed by atoms with E-state index in [9.17, 15) is 4.79 Å². The number of amides is 1. The molecule has 1 aliphatic rings. The van der Waals surface area contributed by atoms with E-state index >= 15 is 0 Å². The van der Waals surface area contributed by atoms with Crippen LogP contribution in [0.25, 0.3) is 11.0 Å². The molecule has 0 aliphatic heterocycles. The van der Waals surface area contributed by atoms with Gasteiger partial charge < -0.3 is 10.3 Å². The maximum absolute atomic E-state index is 12.3. The lowest BCUT2D eigenvalue weighted by atomic mass is 10.1. The molecule has 10 heteroatoms. The second-order valence-electron chi connectivity index (χ2n) is 8.55. The van der Waals surface area contributed by atoms with Gasteiger partial charge in [-0.1, -0.05) is 5.21 Å². The van der Waals surface area contributed by atoms with Crippen molar-refractivity contribution < 1.29 is 4.79 Å². The van der Waals surface area contributed by atoms with Crippen molar-refractivity contribution in [3.63, 3.8) is 0 Å². The highest BCUT2D eigenvalue weighted by atomic mass is 16.2. The van der Waals surface area contributed by atoms with Crippen LogP contribution in [0.3, 0.4) is 0 Å². The summed E-state index contributed by atoms with van der Waals surface area (Å²) < 4.78 is 3.49. The number of hydrogen-bond donors (Lipinski definition) is 2. The third-order valence-corrected chi connectivity index (χ3v) is 5.90. The normalized spacial score (nSPS) is 13.7. The Bertz CT molecular complexity index is 1230. The number of fused-ring (bicyclic) bond motifs is 1. The zero-order chi connectivity index (χ0) is 22.1. The van der Waals surface area contributed by atoms with E-state index in [4.69, 9.17) is 0 Å². The highest BCUT2D eigenvalue weighted by Crippen LogP contribution is 2.40. The molecule has 1 amide bonds. The summed E-state index contributed by atoms with van der Waals surface area (Å²) in [5.41, 5.74) is 5.34. The number of nitrogens with zero attached hydrogens (tertiary/aromatic N) is 7. The van der Waals surface area contributed by atoms with Crippen LogP contribution in [0.15, 0.2) is 24.4 Å². The highest BCUT2D eigenvalue weighted by Gasteiger charge is 2.25. The van der Waals surface area contributed by atoms with Gasteiger partial charge in [0.2, 0.25) is 0 Å². The van der Waals surface area contributed by atoms with Crippen molar-refractivity contribution in [1.29, 1.82) is 0 Å². The van der Waals surface area contributed by atoms with Gasteiger partial charge >= 0.3 is 0 Å². The molecule has 0 aromatic carbocycles. The largest absolute Gasteiger partial charge is 0.345 e. The SMILES string of the molecule is Cc1cc(CNC(=O)c2cn(CCCCc3cc4cc(C5CC5)[nH]c4nn3)nn2)nn1C. The van der Waals surface area contributed by atoms with Crippen LogP contribution in [0.1, 0.15) is 64.9 Å². The summed E-state index contributed by atoms with van der Waals surface area (Å²) in [6.45, 7) is 3.04. The molecule has 0 bridgehead atoms. The Hall–Kier alpha value is -3.56. The fourth-order valence-electron chi connectivity index (χ4n) is 3.81. The summed E-state index contributed by atoms with van der Waals surface area (Å²) in [6, 6.07) is 6.29. The average Bonchev–Trinajstić information content (AvgIpc) is 3.23. The molecule has 1 aliphatic carbocycles. The standard InChI is InChI=1S/C22H27N9O/c1-14-9-18(28-30(14)2)12-23-22(32)20-13-31(29-26-20)8-4-3-5-17-10-16-11-19(15-6-7-15)24-21(16)27-25-17/h9-11,13,15H,3-8,12H2,1-2H3,(H,23,32)(H,24,27). The molecule has 4 heterocycles. The zero-order valence-corrected chi connectivity index (χ0v) is 18.4. The molecule has 1 fully saturated rings. The van der Waals surface area contributed by atoms with E-state index in [-0.39, 0.29) is 5.91 Å². The zero-order valence-electron chi connectivity index (χ0n) is 18.4. The van der Waals surface area contributed by atoms with Gasteiger partial charge in [0.15, 0.2) is 11.3 Å². The van der Waals surface area contributed by atoms with E-state index in [0.717, 1.165) is 47.4 Å². The smallest absolute Gasteiger partial charge is 0.273 e. The summed E-state index contributed by atoms with van der Waals surface area (Å²) >= 11 is 0. The number of aromatic amines is 1. The summed E-state index contributed by atoms with van der Waals surface area (Å²) in [7, 11) is 1.88. The van der Waals surface area contributed by atoms with Gasteiger partial charge in [0.25, 0.3) is 5.91 Å². The lowest BCUT2D eigenvalue weighted by molar-refractivity contribution is 0.0945.